The second kappa shape index (κ2) is 4.78. The van der Waals surface area contributed by atoms with Gasteiger partial charge in [-0.05, 0) is 30.7 Å². The van der Waals surface area contributed by atoms with Crippen LogP contribution >= 0.6 is 11.6 Å². The molecule has 0 bridgehead atoms. The first kappa shape index (κ1) is 9.97. The van der Waals surface area contributed by atoms with Gasteiger partial charge >= 0.3 is 0 Å². The maximum absolute atomic E-state index is 5.90. The number of halogens is 1. The molecule has 1 heterocycles. The molecule has 1 aromatic carbocycles. The predicted octanol–water partition coefficient (Wildman–Crippen LogP) is 1.79. The van der Waals surface area contributed by atoms with Gasteiger partial charge < -0.3 is 10.6 Å². The normalized spacial score (nSPS) is 21.4. The molecular weight excluding hydrogens is 196 g/mol. The Morgan fingerprint density at radius 3 is 3.14 bits per heavy atom. The Morgan fingerprint density at radius 1 is 1.50 bits per heavy atom. The Hall–Kier alpha value is -0.570. The van der Waals surface area contributed by atoms with Gasteiger partial charge in [0.05, 0.1) is 0 Å². The van der Waals surface area contributed by atoms with Crippen molar-refractivity contribution in [2.24, 2.45) is 0 Å². The fourth-order valence-electron chi connectivity index (χ4n) is 1.74. The van der Waals surface area contributed by atoms with E-state index < -0.39 is 0 Å². The van der Waals surface area contributed by atoms with Crippen molar-refractivity contribution in [1.82, 2.24) is 10.6 Å². The van der Waals surface area contributed by atoms with Gasteiger partial charge in [-0.1, -0.05) is 23.7 Å². The first-order valence-electron chi connectivity index (χ1n) is 5.03. The first-order valence-corrected chi connectivity index (χ1v) is 5.41. The maximum Gasteiger partial charge on any atom is 0.0409 e. The number of hydrogen-bond acceptors (Lipinski definition) is 2. The molecule has 1 atom stereocenters. The minimum Gasteiger partial charge on any atom is -0.315 e. The van der Waals surface area contributed by atoms with Gasteiger partial charge in [0.15, 0.2) is 0 Å². The lowest BCUT2D eigenvalue weighted by atomic mass is 10.2. The van der Waals surface area contributed by atoms with Crippen LogP contribution in [0.5, 0.6) is 0 Å². The van der Waals surface area contributed by atoms with Crippen molar-refractivity contribution < 1.29 is 0 Å². The average molecular weight is 211 g/mol. The van der Waals surface area contributed by atoms with E-state index in [-0.39, 0.29) is 0 Å². The molecule has 0 unspecified atom stereocenters. The van der Waals surface area contributed by atoms with Crippen molar-refractivity contribution >= 4 is 11.6 Å². The minimum absolute atomic E-state index is 0.619. The van der Waals surface area contributed by atoms with Crippen molar-refractivity contribution in [1.29, 1.82) is 0 Å². The third-order valence-electron chi connectivity index (χ3n) is 2.54. The van der Waals surface area contributed by atoms with Crippen molar-refractivity contribution in [3.63, 3.8) is 0 Å². The standard InChI is InChI=1S/C11H15ClN2/c12-10-3-1-2-9(6-10)7-14-11-4-5-13-8-11/h1-3,6,11,13-14H,4-5,7-8H2/t11-/m0/s1. The fraction of sp³-hybridized carbons (Fsp3) is 0.455. The lowest BCUT2D eigenvalue weighted by Gasteiger charge is -2.10. The molecule has 1 aliphatic rings. The van der Waals surface area contributed by atoms with Gasteiger partial charge in [-0.15, -0.1) is 0 Å². The molecule has 0 amide bonds. The Labute approximate surface area is 89.7 Å². The zero-order valence-corrected chi connectivity index (χ0v) is 8.85. The molecule has 1 aromatic rings. The lowest BCUT2D eigenvalue weighted by molar-refractivity contribution is 0.547. The maximum atomic E-state index is 5.90. The molecule has 1 aliphatic heterocycles. The highest BCUT2D eigenvalue weighted by Gasteiger charge is 2.12. The Balaban J connectivity index is 1.85. The molecule has 3 heteroatoms. The van der Waals surface area contributed by atoms with Crippen molar-refractivity contribution in [3.05, 3.63) is 34.9 Å². The highest BCUT2D eigenvalue weighted by Crippen LogP contribution is 2.10. The van der Waals surface area contributed by atoms with Gasteiger partial charge in [0.2, 0.25) is 0 Å². The second-order valence-corrected chi connectivity index (χ2v) is 4.14. The molecule has 14 heavy (non-hydrogen) atoms. The summed E-state index contributed by atoms with van der Waals surface area (Å²) in [5, 5.41) is 7.65. The zero-order chi connectivity index (χ0) is 9.80. The summed E-state index contributed by atoms with van der Waals surface area (Å²) in [7, 11) is 0. The van der Waals surface area contributed by atoms with Crippen molar-refractivity contribution in [2.45, 2.75) is 19.0 Å². The van der Waals surface area contributed by atoms with Gasteiger partial charge in [0.25, 0.3) is 0 Å². The third-order valence-corrected chi connectivity index (χ3v) is 2.78. The summed E-state index contributed by atoms with van der Waals surface area (Å²) in [5.74, 6) is 0. The van der Waals surface area contributed by atoms with E-state index in [4.69, 9.17) is 11.6 Å². The topological polar surface area (TPSA) is 24.1 Å². The highest BCUT2D eigenvalue weighted by atomic mass is 35.5. The van der Waals surface area contributed by atoms with E-state index in [0.29, 0.717) is 6.04 Å². The SMILES string of the molecule is Clc1cccc(CN[C@H]2CCNC2)c1. The van der Waals surface area contributed by atoms with Crippen molar-refractivity contribution in [2.75, 3.05) is 13.1 Å². The largest absolute Gasteiger partial charge is 0.315 e. The molecule has 2 rings (SSSR count). The summed E-state index contributed by atoms with van der Waals surface area (Å²) >= 11 is 5.90. The van der Waals surface area contributed by atoms with Crippen LogP contribution in [0.1, 0.15) is 12.0 Å². The summed E-state index contributed by atoms with van der Waals surface area (Å²) in [6, 6.07) is 8.63. The Bertz CT molecular complexity index is 295. The van der Waals surface area contributed by atoms with E-state index in [1.807, 2.05) is 18.2 Å². The van der Waals surface area contributed by atoms with Gasteiger partial charge in [0.1, 0.15) is 0 Å². The molecule has 1 fully saturated rings. The molecule has 0 aromatic heterocycles. The number of rotatable bonds is 3. The molecule has 1 saturated heterocycles. The van der Waals surface area contributed by atoms with E-state index in [1.165, 1.54) is 12.0 Å². The number of benzene rings is 1. The van der Waals surface area contributed by atoms with E-state index in [0.717, 1.165) is 24.7 Å². The van der Waals surface area contributed by atoms with Gasteiger partial charge in [-0.25, -0.2) is 0 Å². The van der Waals surface area contributed by atoms with Crippen LogP contribution in [0.25, 0.3) is 0 Å². The zero-order valence-electron chi connectivity index (χ0n) is 8.09. The molecule has 76 valence electrons. The molecule has 0 aliphatic carbocycles. The number of nitrogens with one attached hydrogen (secondary N) is 2. The van der Waals surface area contributed by atoms with E-state index in [1.54, 1.807) is 0 Å². The predicted molar refractivity (Wildman–Crippen MR) is 59.6 cm³/mol. The van der Waals surface area contributed by atoms with E-state index in [2.05, 4.69) is 16.7 Å². The average Bonchev–Trinajstić information content (AvgIpc) is 2.67. The second-order valence-electron chi connectivity index (χ2n) is 3.70. The molecule has 0 radical (unpaired) electrons. The van der Waals surface area contributed by atoms with Crippen LogP contribution in [-0.4, -0.2) is 19.1 Å². The van der Waals surface area contributed by atoms with Crippen LogP contribution in [0, 0.1) is 0 Å². The molecule has 2 nitrogen and oxygen atoms in total. The van der Waals surface area contributed by atoms with E-state index >= 15 is 0 Å². The van der Waals surface area contributed by atoms with Gasteiger partial charge in [-0.3, -0.25) is 0 Å². The van der Waals surface area contributed by atoms with Gasteiger partial charge in [-0.2, -0.15) is 0 Å². The molecular formula is C11H15ClN2. The van der Waals surface area contributed by atoms with Crippen LogP contribution in [0.3, 0.4) is 0 Å². The van der Waals surface area contributed by atoms with Crippen molar-refractivity contribution in [3.8, 4) is 0 Å². The molecule has 2 N–H and O–H groups in total. The summed E-state index contributed by atoms with van der Waals surface area (Å²) in [6.45, 7) is 3.13. The summed E-state index contributed by atoms with van der Waals surface area (Å²) in [6.07, 6.45) is 1.22. The Kier molecular flexibility index (Phi) is 3.40. The first-order chi connectivity index (χ1) is 6.84. The van der Waals surface area contributed by atoms with Crippen LogP contribution in [-0.2, 0) is 6.54 Å². The fourth-order valence-corrected chi connectivity index (χ4v) is 1.95. The Morgan fingerprint density at radius 2 is 2.43 bits per heavy atom. The third kappa shape index (κ3) is 2.71. The summed E-state index contributed by atoms with van der Waals surface area (Å²) in [5.41, 5.74) is 1.25. The smallest absolute Gasteiger partial charge is 0.0409 e. The molecule has 0 saturated carbocycles. The highest BCUT2D eigenvalue weighted by molar-refractivity contribution is 6.30. The summed E-state index contributed by atoms with van der Waals surface area (Å²) < 4.78 is 0. The lowest BCUT2D eigenvalue weighted by Crippen LogP contribution is -2.30. The van der Waals surface area contributed by atoms with Crippen LogP contribution in [0.4, 0.5) is 0 Å². The summed E-state index contributed by atoms with van der Waals surface area (Å²) in [4.78, 5) is 0. The van der Waals surface area contributed by atoms with Gasteiger partial charge in [0, 0.05) is 24.2 Å². The van der Waals surface area contributed by atoms with Crippen LogP contribution in [0.2, 0.25) is 5.02 Å². The quantitative estimate of drug-likeness (QED) is 0.795. The van der Waals surface area contributed by atoms with Crippen LogP contribution < -0.4 is 10.6 Å². The molecule has 0 spiro atoms. The van der Waals surface area contributed by atoms with E-state index in [9.17, 15) is 0 Å². The monoisotopic (exact) mass is 210 g/mol. The number of hydrogen-bond donors (Lipinski definition) is 2. The minimum atomic E-state index is 0.619. The van der Waals surface area contributed by atoms with Crippen LogP contribution in [0.15, 0.2) is 24.3 Å².